The summed E-state index contributed by atoms with van der Waals surface area (Å²) in [5, 5.41) is 4.35. The molecule has 0 spiro atoms. The van der Waals surface area contributed by atoms with Crippen LogP contribution in [0.2, 0.25) is 5.02 Å². The summed E-state index contributed by atoms with van der Waals surface area (Å²) < 4.78 is 2.16. The van der Waals surface area contributed by atoms with Gasteiger partial charge < -0.3 is 5.32 Å². The Kier molecular flexibility index (Phi) is 6.09. The van der Waals surface area contributed by atoms with Crippen LogP contribution in [0, 0.1) is 0 Å². The van der Waals surface area contributed by atoms with Crippen molar-refractivity contribution < 1.29 is 0 Å². The molecule has 0 aliphatic rings. The molecular formula is C16H16Br2ClN. The molecule has 1 atom stereocenters. The molecule has 0 heterocycles. The first-order valence-corrected chi connectivity index (χ1v) is 8.52. The van der Waals surface area contributed by atoms with E-state index in [9.17, 15) is 0 Å². The van der Waals surface area contributed by atoms with Crippen molar-refractivity contribution in [3.05, 3.63) is 67.6 Å². The Morgan fingerprint density at radius 2 is 1.95 bits per heavy atom. The Balaban J connectivity index is 2.44. The van der Waals surface area contributed by atoms with Crippen LogP contribution in [0.15, 0.2) is 51.4 Å². The molecule has 0 saturated carbocycles. The van der Waals surface area contributed by atoms with Crippen LogP contribution in [-0.4, -0.2) is 6.54 Å². The maximum atomic E-state index is 6.13. The Morgan fingerprint density at radius 1 is 1.15 bits per heavy atom. The molecule has 1 unspecified atom stereocenters. The van der Waals surface area contributed by atoms with Crippen LogP contribution in [0.1, 0.15) is 30.5 Å². The SMILES string of the molecule is CCCNC(c1cccc(Cl)c1)c1cc(Br)ccc1Br. The van der Waals surface area contributed by atoms with Gasteiger partial charge in [-0.05, 0) is 54.4 Å². The summed E-state index contributed by atoms with van der Waals surface area (Å²) >= 11 is 13.3. The van der Waals surface area contributed by atoms with Gasteiger partial charge in [-0.2, -0.15) is 0 Å². The molecular weight excluding hydrogens is 401 g/mol. The number of rotatable bonds is 5. The lowest BCUT2D eigenvalue weighted by molar-refractivity contribution is 0.597. The molecule has 0 saturated heterocycles. The van der Waals surface area contributed by atoms with Gasteiger partial charge in [-0.25, -0.2) is 0 Å². The fourth-order valence-corrected chi connectivity index (χ4v) is 3.17. The zero-order valence-electron chi connectivity index (χ0n) is 11.2. The summed E-state index contributed by atoms with van der Waals surface area (Å²) in [5.74, 6) is 0. The van der Waals surface area contributed by atoms with E-state index in [4.69, 9.17) is 11.6 Å². The van der Waals surface area contributed by atoms with Crippen LogP contribution >= 0.6 is 43.5 Å². The van der Waals surface area contributed by atoms with Gasteiger partial charge in [-0.1, -0.05) is 62.5 Å². The smallest absolute Gasteiger partial charge is 0.0588 e. The van der Waals surface area contributed by atoms with Crippen molar-refractivity contribution in [2.24, 2.45) is 0 Å². The van der Waals surface area contributed by atoms with Gasteiger partial charge in [-0.15, -0.1) is 0 Å². The highest BCUT2D eigenvalue weighted by molar-refractivity contribution is 9.11. The molecule has 0 aromatic heterocycles. The van der Waals surface area contributed by atoms with Gasteiger partial charge in [0.05, 0.1) is 6.04 Å². The van der Waals surface area contributed by atoms with E-state index in [1.807, 2.05) is 24.3 Å². The van der Waals surface area contributed by atoms with E-state index in [0.717, 1.165) is 26.9 Å². The fourth-order valence-electron chi connectivity index (χ4n) is 2.12. The topological polar surface area (TPSA) is 12.0 Å². The predicted octanol–water partition coefficient (Wildman–Crippen LogP) is 5.95. The van der Waals surface area contributed by atoms with E-state index in [0.29, 0.717) is 0 Å². The minimum absolute atomic E-state index is 0.125. The number of nitrogens with one attached hydrogen (secondary N) is 1. The van der Waals surface area contributed by atoms with Crippen LogP contribution in [0.4, 0.5) is 0 Å². The van der Waals surface area contributed by atoms with Crippen molar-refractivity contribution >= 4 is 43.5 Å². The van der Waals surface area contributed by atoms with Gasteiger partial charge in [0.15, 0.2) is 0 Å². The molecule has 4 heteroatoms. The van der Waals surface area contributed by atoms with E-state index in [1.54, 1.807) is 0 Å². The van der Waals surface area contributed by atoms with Crippen molar-refractivity contribution in [1.29, 1.82) is 0 Å². The fraction of sp³-hybridized carbons (Fsp3) is 0.250. The maximum Gasteiger partial charge on any atom is 0.0588 e. The van der Waals surface area contributed by atoms with Crippen LogP contribution in [0.3, 0.4) is 0 Å². The Morgan fingerprint density at radius 3 is 2.65 bits per heavy atom. The van der Waals surface area contributed by atoms with Gasteiger partial charge in [0, 0.05) is 14.0 Å². The standard InChI is InChI=1S/C16H16Br2ClN/c1-2-8-20-16(11-4-3-5-13(19)9-11)14-10-12(17)6-7-15(14)18/h3-7,9-10,16,20H,2,8H2,1H3. The maximum absolute atomic E-state index is 6.13. The van der Waals surface area contributed by atoms with E-state index < -0.39 is 0 Å². The van der Waals surface area contributed by atoms with Gasteiger partial charge in [0.1, 0.15) is 0 Å². The number of halogens is 3. The number of hydrogen-bond acceptors (Lipinski definition) is 1. The largest absolute Gasteiger partial charge is 0.306 e. The third-order valence-electron chi connectivity index (χ3n) is 3.05. The lowest BCUT2D eigenvalue weighted by Gasteiger charge is -2.21. The first-order chi connectivity index (χ1) is 9.61. The Hall–Kier alpha value is -0.350. The molecule has 0 aliphatic heterocycles. The summed E-state index contributed by atoms with van der Waals surface area (Å²) in [6.45, 7) is 3.12. The highest BCUT2D eigenvalue weighted by Crippen LogP contribution is 2.32. The molecule has 0 aliphatic carbocycles. The summed E-state index contributed by atoms with van der Waals surface area (Å²) in [5.41, 5.74) is 2.37. The first-order valence-electron chi connectivity index (χ1n) is 6.55. The van der Waals surface area contributed by atoms with E-state index >= 15 is 0 Å². The molecule has 0 amide bonds. The molecule has 106 valence electrons. The molecule has 1 nitrogen and oxygen atoms in total. The molecule has 0 fully saturated rings. The lowest BCUT2D eigenvalue weighted by Crippen LogP contribution is -2.23. The van der Waals surface area contributed by atoms with E-state index in [1.165, 1.54) is 11.1 Å². The zero-order valence-corrected chi connectivity index (χ0v) is 15.1. The molecule has 2 rings (SSSR count). The van der Waals surface area contributed by atoms with E-state index in [-0.39, 0.29) is 6.04 Å². The van der Waals surface area contributed by atoms with Crippen molar-refractivity contribution in [1.82, 2.24) is 5.32 Å². The quantitative estimate of drug-likeness (QED) is 0.633. The highest BCUT2D eigenvalue weighted by atomic mass is 79.9. The average Bonchev–Trinajstić information content (AvgIpc) is 2.43. The Bertz CT molecular complexity index is 586. The number of hydrogen-bond donors (Lipinski definition) is 1. The number of benzene rings is 2. The highest BCUT2D eigenvalue weighted by Gasteiger charge is 2.16. The third kappa shape index (κ3) is 4.08. The van der Waals surface area contributed by atoms with Crippen LogP contribution in [0.25, 0.3) is 0 Å². The summed E-state index contributed by atoms with van der Waals surface area (Å²) in [7, 11) is 0. The Labute approximate surface area is 142 Å². The van der Waals surface area contributed by atoms with Gasteiger partial charge in [-0.3, -0.25) is 0 Å². The van der Waals surface area contributed by atoms with Crippen molar-refractivity contribution in [3.8, 4) is 0 Å². The molecule has 2 aromatic carbocycles. The zero-order chi connectivity index (χ0) is 14.5. The summed E-state index contributed by atoms with van der Waals surface area (Å²) in [6, 6.07) is 14.4. The van der Waals surface area contributed by atoms with Crippen LogP contribution in [-0.2, 0) is 0 Å². The second-order valence-corrected chi connectivity index (χ2v) is 6.81. The van der Waals surface area contributed by atoms with Crippen molar-refractivity contribution in [2.45, 2.75) is 19.4 Å². The molecule has 0 bridgehead atoms. The molecule has 2 aromatic rings. The van der Waals surface area contributed by atoms with Gasteiger partial charge in [0.25, 0.3) is 0 Å². The summed E-state index contributed by atoms with van der Waals surface area (Å²) in [6.07, 6.45) is 1.09. The molecule has 1 N–H and O–H groups in total. The normalized spacial score (nSPS) is 12.4. The second-order valence-electron chi connectivity index (χ2n) is 4.61. The van der Waals surface area contributed by atoms with Gasteiger partial charge >= 0.3 is 0 Å². The third-order valence-corrected chi connectivity index (χ3v) is 4.50. The predicted molar refractivity (Wildman–Crippen MR) is 93.4 cm³/mol. The molecule has 0 radical (unpaired) electrons. The van der Waals surface area contributed by atoms with Gasteiger partial charge in [0.2, 0.25) is 0 Å². The minimum Gasteiger partial charge on any atom is -0.306 e. The minimum atomic E-state index is 0.125. The summed E-state index contributed by atoms with van der Waals surface area (Å²) in [4.78, 5) is 0. The van der Waals surface area contributed by atoms with Crippen molar-refractivity contribution in [3.63, 3.8) is 0 Å². The van der Waals surface area contributed by atoms with Crippen LogP contribution < -0.4 is 5.32 Å². The van der Waals surface area contributed by atoms with E-state index in [2.05, 4.69) is 62.3 Å². The van der Waals surface area contributed by atoms with Crippen molar-refractivity contribution in [2.75, 3.05) is 6.54 Å². The lowest BCUT2D eigenvalue weighted by atomic mass is 9.98. The second kappa shape index (κ2) is 7.60. The molecule has 20 heavy (non-hydrogen) atoms. The van der Waals surface area contributed by atoms with Crippen LogP contribution in [0.5, 0.6) is 0 Å². The first kappa shape index (κ1) is 16.0. The average molecular weight is 418 g/mol. The monoisotopic (exact) mass is 415 g/mol.